The standard InChI is InChI=1S/C16H28BNO3.C12H24B2O4.C11H16F3NO4S/c1-15(2)16(3,4)21-17(20-15)13-5-7-14(8-6-13)18-9-11-19-12-10-18;1-9(2)10(3,4)16-13(15-9)14-17-11(5,6)12(7,8)18-14;12-11(13,14)20(16,17)19-10-3-1-9(2-4-10)15-5-7-18-8-6-15/h5,14H,6-12H2,1-4H3;1-8H3;3,9H,1-2,4-8H2. The van der Waals surface area contributed by atoms with Crippen LogP contribution in [0.25, 0.3) is 0 Å². The maximum absolute atomic E-state index is 12.2. The van der Waals surface area contributed by atoms with Crippen molar-refractivity contribution in [3.63, 3.8) is 0 Å². The summed E-state index contributed by atoms with van der Waals surface area (Å²) in [6.45, 7) is 31.5. The second-order valence-electron chi connectivity index (χ2n) is 19.4. The van der Waals surface area contributed by atoms with Crippen molar-refractivity contribution < 1.29 is 63.2 Å². The highest BCUT2D eigenvalue weighted by atomic mass is 32.2. The van der Waals surface area contributed by atoms with E-state index < -0.39 is 29.6 Å². The van der Waals surface area contributed by atoms with Crippen molar-refractivity contribution >= 4 is 31.3 Å². The van der Waals surface area contributed by atoms with Gasteiger partial charge in [-0.15, -0.1) is 0 Å². The van der Waals surface area contributed by atoms with Gasteiger partial charge in [0.25, 0.3) is 0 Å². The number of hydrogen-bond donors (Lipinski definition) is 0. The third kappa shape index (κ3) is 11.5. The molecule has 0 saturated carbocycles. The molecule has 0 aromatic rings. The van der Waals surface area contributed by atoms with Gasteiger partial charge in [0.1, 0.15) is 5.76 Å². The molecule has 336 valence electrons. The molecule has 13 nitrogen and oxygen atoms in total. The highest BCUT2D eigenvalue weighted by molar-refractivity contribution is 7.87. The summed E-state index contributed by atoms with van der Waals surface area (Å²) in [6.07, 6.45) is 8.45. The molecule has 5 aliphatic heterocycles. The van der Waals surface area contributed by atoms with Crippen LogP contribution in [0.2, 0.25) is 0 Å². The van der Waals surface area contributed by atoms with E-state index in [1.165, 1.54) is 18.0 Å². The van der Waals surface area contributed by atoms with Crippen molar-refractivity contribution in [2.75, 3.05) is 52.6 Å². The fraction of sp³-hybridized carbons (Fsp3) is 0.897. The summed E-state index contributed by atoms with van der Waals surface area (Å²) >= 11 is 0. The Morgan fingerprint density at radius 2 is 0.949 bits per heavy atom. The largest absolute Gasteiger partial charge is 0.534 e. The van der Waals surface area contributed by atoms with Crippen LogP contribution in [-0.2, 0) is 51.7 Å². The monoisotopic (exact) mass is 862 g/mol. The molecule has 7 aliphatic rings. The van der Waals surface area contributed by atoms with Gasteiger partial charge < -0.3 is 41.6 Å². The third-order valence-electron chi connectivity index (χ3n) is 13.7. The van der Waals surface area contributed by atoms with Crippen LogP contribution in [0.4, 0.5) is 13.2 Å². The Labute approximate surface area is 352 Å². The summed E-state index contributed by atoms with van der Waals surface area (Å²) in [5.41, 5.74) is -5.96. The average molecular weight is 862 g/mol. The number of halogens is 3. The number of allylic oxidation sites excluding steroid dienone is 2. The molecule has 5 heterocycles. The lowest BCUT2D eigenvalue weighted by Crippen LogP contribution is -2.44. The lowest BCUT2D eigenvalue weighted by Gasteiger charge is -2.36. The minimum atomic E-state index is -5.54. The van der Waals surface area contributed by atoms with Crippen molar-refractivity contribution in [3.8, 4) is 0 Å². The van der Waals surface area contributed by atoms with Crippen LogP contribution in [0.15, 0.2) is 23.4 Å². The molecule has 59 heavy (non-hydrogen) atoms. The SMILES string of the molecule is CC1(C)OB(B2OC(C)(C)C(C)(C)O2)OC1(C)C.CC1(C)OB(C2=CCC(N3CCOCC3)CC2)OC1(C)C.O=S(=O)(OC1=CCC(N2CCOCC2)CC1)C(F)(F)F. The van der Waals surface area contributed by atoms with Crippen molar-refractivity contribution in [2.45, 2.75) is 173 Å². The third-order valence-corrected chi connectivity index (χ3v) is 14.7. The molecule has 20 heteroatoms. The van der Waals surface area contributed by atoms with Crippen LogP contribution in [0.3, 0.4) is 0 Å². The number of alkyl halides is 3. The number of ether oxygens (including phenoxy) is 2. The second kappa shape index (κ2) is 18.1. The molecule has 0 bridgehead atoms. The minimum Gasteiger partial charge on any atom is -0.405 e. The fourth-order valence-electron chi connectivity index (χ4n) is 7.66. The van der Waals surface area contributed by atoms with Crippen LogP contribution in [0.5, 0.6) is 0 Å². The molecular formula is C39H68B3F3N2O11S. The Kier molecular flexibility index (Phi) is 15.0. The normalized spacial score (nSPS) is 30.4. The van der Waals surface area contributed by atoms with Crippen LogP contribution >= 0.6 is 0 Å². The topological polar surface area (TPSA) is 124 Å². The molecule has 5 saturated heterocycles. The van der Waals surface area contributed by atoms with Gasteiger partial charge in [-0.25, -0.2) is 0 Å². The van der Waals surface area contributed by atoms with Gasteiger partial charge in [-0.2, -0.15) is 21.6 Å². The molecule has 2 aliphatic carbocycles. The Hall–Kier alpha value is -1.19. The molecule has 7 rings (SSSR count). The van der Waals surface area contributed by atoms with Gasteiger partial charge in [-0.05, 0) is 127 Å². The predicted molar refractivity (Wildman–Crippen MR) is 221 cm³/mol. The van der Waals surface area contributed by atoms with Gasteiger partial charge in [0.05, 0.1) is 60.0 Å². The summed E-state index contributed by atoms with van der Waals surface area (Å²) in [5.74, 6) is -0.119. The zero-order valence-electron chi connectivity index (χ0n) is 37.4. The lowest BCUT2D eigenvalue weighted by atomic mass is 9.49. The fourth-order valence-corrected chi connectivity index (χ4v) is 8.18. The van der Waals surface area contributed by atoms with Crippen molar-refractivity contribution in [1.29, 1.82) is 0 Å². The molecule has 0 aromatic heterocycles. The lowest BCUT2D eigenvalue weighted by molar-refractivity contribution is -0.0525. The quantitative estimate of drug-likeness (QED) is 0.169. The summed E-state index contributed by atoms with van der Waals surface area (Å²) in [4.78, 5) is 4.77. The van der Waals surface area contributed by atoms with Crippen LogP contribution in [0.1, 0.15) is 122 Å². The summed E-state index contributed by atoms with van der Waals surface area (Å²) in [7, 11) is -6.65. The zero-order valence-corrected chi connectivity index (χ0v) is 38.2. The van der Waals surface area contributed by atoms with E-state index in [9.17, 15) is 21.6 Å². The molecule has 2 atom stereocenters. The van der Waals surface area contributed by atoms with E-state index in [4.69, 9.17) is 37.4 Å². The Morgan fingerprint density at radius 3 is 1.27 bits per heavy atom. The van der Waals surface area contributed by atoms with Gasteiger partial charge in [-0.1, -0.05) is 6.08 Å². The first-order valence-corrected chi connectivity index (χ1v) is 22.6. The second-order valence-corrected chi connectivity index (χ2v) is 21.0. The summed E-state index contributed by atoms with van der Waals surface area (Å²) in [5, 5.41) is 0. The number of hydrogen-bond acceptors (Lipinski definition) is 13. The molecule has 2 unspecified atom stereocenters. The smallest absolute Gasteiger partial charge is 0.405 e. The Balaban J connectivity index is 0.000000169. The van der Waals surface area contributed by atoms with Crippen LogP contribution in [0, 0.1) is 0 Å². The van der Waals surface area contributed by atoms with Gasteiger partial charge in [-0.3, -0.25) is 9.80 Å². The number of rotatable bonds is 6. The van der Waals surface area contributed by atoms with Crippen molar-refractivity contribution in [1.82, 2.24) is 9.80 Å². The highest BCUT2D eigenvalue weighted by Gasteiger charge is 2.64. The van der Waals surface area contributed by atoms with Crippen molar-refractivity contribution in [2.24, 2.45) is 0 Å². The highest BCUT2D eigenvalue weighted by Crippen LogP contribution is 2.43. The molecule has 0 amide bonds. The van der Waals surface area contributed by atoms with Crippen molar-refractivity contribution in [3.05, 3.63) is 23.4 Å². The first kappa shape index (κ1) is 48.8. The first-order valence-electron chi connectivity index (χ1n) is 21.2. The molecular weight excluding hydrogens is 794 g/mol. The van der Waals surface area contributed by atoms with E-state index in [0.717, 1.165) is 52.2 Å². The maximum atomic E-state index is 12.2. The first-order chi connectivity index (χ1) is 27.1. The molecule has 0 aromatic carbocycles. The minimum absolute atomic E-state index is 0.119. The van der Waals surface area contributed by atoms with E-state index >= 15 is 0 Å². The van der Waals surface area contributed by atoms with Gasteiger partial charge in [0, 0.05) is 44.7 Å². The Morgan fingerprint density at radius 1 is 0.593 bits per heavy atom. The van der Waals surface area contributed by atoms with E-state index in [1.807, 2.05) is 55.4 Å². The Bertz CT molecular complexity index is 1530. The number of morpholine rings is 2. The van der Waals surface area contributed by atoms with Gasteiger partial charge >= 0.3 is 36.8 Å². The number of nitrogens with zero attached hydrogens (tertiary/aromatic N) is 2. The van der Waals surface area contributed by atoms with Crippen LogP contribution < -0.4 is 0 Å². The molecule has 0 N–H and O–H groups in total. The molecule has 5 fully saturated rings. The van der Waals surface area contributed by atoms with E-state index in [0.29, 0.717) is 32.1 Å². The summed E-state index contributed by atoms with van der Waals surface area (Å²) < 4.78 is 109. The maximum Gasteiger partial charge on any atom is 0.534 e. The molecule has 0 radical (unpaired) electrons. The predicted octanol–water partition coefficient (Wildman–Crippen LogP) is 6.30. The van der Waals surface area contributed by atoms with Gasteiger partial charge in [0.2, 0.25) is 0 Å². The summed E-state index contributed by atoms with van der Waals surface area (Å²) in [6, 6.07) is 0.875. The van der Waals surface area contributed by atoms with Gasteiger partial charge in [0.15, 0.2) is 0 Å². The average Bonchev–Trinajstić information content (AvgIpc) is 3.62. The van der Waals surface area contributed by atoms with E-state index in [-0.39, 0.29) is 58.9 Å². The molecule has 0 spiro atoms. The van der Waals surface area contributed by atoms with Crippen LogP contribution in [-0.4, -0.2) is 143 Å². The van der Waals surface area contributed by atoms with E-state index in [1.54, 1.807) is 0 Å². The zero-order chi connectivity index (χ0) is 43.9. The van der Waals surface area contributed by atoms with E-state index in [2.05, 4.69) is 47.8 Å².